The zero-order chi connectivity index (χ0) is 25.3. The second kappa shape index (κ2) is 27.9. The summed E-state index contributed by atoms with van der Waals surface area (Å²) < 4.78 is 17.7. The Morgan fingerprint density at radius 3 is 0.971 bits per heavy atom. The summed E-state index contributed by atoms with van der Waals surface area (Å²) in [6, 6.07) is 0. The molecule has 0 unspecified atom stereocenters. The summed E-state index contributed by atoms with van der Waals surface area (Å²) in [5, 5.41) is 7.00. The molecule has 0 atom stereocenters. The highest BCUT2D eigenvalue weighted by atomic mass is 35.5. The van der Waals surface area contributed by atoms with Gasteiger partial charge in [0.1, 0.15) is 0 Å². The first-order chi connectivity index (χ1) is 16.0. The Kier molecular flexibility index (Phi) is 31.8. The van der Waals surface area contributed by atoms with Gasteiger partial charge < -0.3 is 34.9 Å². The number of unbranched alkanes of at least 4 members (excludes halogenated alkanes) is 18. The molecule has 34 heavy (non-hydrogen) atoms. The Bertz CT molecular complexity index is 377. The Balaban J connectivity index is -0.00000311. The lowest BCUT2D eigenvalue weighted by atomic mass is 10.0. The molecule has 0 aliphatic carbocycles. The number of aliphatic hydroxyl groups is 1. The quantitative estimate of drug-likeness (QED) is 0.148. The topological polar surface area (TPSA) is 47.9 Å². The maximum Gasteiger partial charge on any atom is 0.783 e. The van der Waals surface area contributed by atoms with Gasteiger partial charge in [0.15, 0.2) is 0 Å². The summed E-state index contributed by atoms with van der Waals surface area (Å²) in [6.07, 6.45) is 26.9. The number of hydrogen-bond acceptors (Lipinski definition) is 4. The van der Waals surface area contributed by atoms with Crippen molar-refractivity contribution in [2.24, 2.45) is 0 Å². The highest BCUT2D eigenvalue weighted by molar-refractivity contribution is 6.52. The van der Waals surface area contributed by atoms with Crippen molar-refractivity contribution in [1.29, 1.82) is 0 Å². The molecular weight excluding hydrogens is 466 g/mol. The Morgan fingerprint density at radius 2 is 0.735 bits per heavy atom. The van der Waals surface area contributed by atoms with Gasteiger partial charge in [-0.2, -0.15) is 0 Å². The lowest BCUT2D eigenvalue weighted by Crippen LogP contribution is -3.00. The van der Waals surface area contributed by atoms with Gasteiger partial charge in [-0.3, -0.25) is 0 Å². The number of rotatable bonds is 24. The first-order valence-corrected chi connectivity index (χ1v) is 15.6. The average molecular weight is 528 g/mol. The smallest absolute Gasteiger partial charge is 0.783 e. The average Bonchev–Trinajstić information content (AvgIpc) is 2.83. The summed E-state index contributed by atoms with van der Waals surface area (Å²) in [6.45, 7) is 3.34. The van der Waals surface area contributed by atoms with E-state index >= 15 is 0 Å². The van der Waals surface area contributed by atoms with Crippen LogP contribution in [0.25, 0.3) is 0 Å². The highest BCUT2D eigenvalue weighted by Gasteiger charge is 2.59. The van der Waals surface area contributed by atoms with E-state index in [0.717, 1.165) is 13.7 Å². The van der Waals surface area contributed by atoms with E-state index in [1.54, 1.807) is 21.3 Å². The minimum absolute atomic E-state index is 0. The SMILES string of the molecule is CCCCCCCCCCCCCCCCCCCCC[N+](C)(C)[Si](OC)(OC)OC.CO.[Cl-]. The number of nitrogens with zero attached hydrogens (tertiary/aromatic N) is 1. The molecule has 0 saturated heterocycles. The number of aliphatic hydroxyl groups excluding tert-OH is 1. The molecule has 0 radical (unpaired) electrons. The molecule has 7 heteroatoms. The van der Waals surface area contributed by atoms with Crippen molar-refractivity contribution in [3.63, 3.8) is 0 Å². The van der Waals surface area contributed by atoms with Crippen LogP contribution in [0.5, 0.6) is 0 Å². The lowest BCUT2D eigenvalue weighted by molar-refractivity contribution is -0.819. The van der Waals surface area contributed by atoms with Gasteiger partial charge in [0.2, 0.25) is 0 Å². The van der Waals surface area contributed by atoms with Gasteiger partial charge in [0.25, 0.3) is 0 Å². The molecule has 0 bridgehead atoms. The van der Waals surface area contributed by atoms with Crippen molar-refractivity contribution < 1.29 is 34.9 Å². The monoisotopic (exact) mass is 527 g/mol. The Morgan fingerprint density at radius 1 is 0.500 bits per heavy atom. The van der Waals surface area contributed by atoms with E-state index < -0.39 is 8.97 Å². The predicted molar refractivity (Wildman–Crippen MR) is 145 cm³/mol. The van der Waals surface area contributed by atoms with Crippen LogP contribution >= 0.6 is 0 Å². The largest absolute Gasteiger partial charge is 1.00 e. The summed E-state index contributed by atoms with van der Waals surface area (Å²) in [5.74, 6) is 0. The second-order valence-corrected chi connectivity index (χ2v) is 13.4. The molecule has 0 spiro atoms. The van der Waals surface area contributed by atoms with Gasteiger partial charge in [-0.1, -0.05) is 116 Å². The molecule has 0 rings (SSSR count). The molecule has 0 amide bonds. The number of hydrogen-bond donors (Lipinski definition) is 1. The summed E-state index contributed by atoms with van der Waals surface area (Å²) in [7, 11) is 7.82. The van der Waals surface area contributed by atoms with Crippen molar-refractivity contribution in [3.8, 4) is 0 Å². The van der Waals surface area contributed by atoms with Crippen LogP contribution in [0.2, 0.25) is 0 Å². The molecule has 0 aliphatic heterocycles. The van der Waals surface area contributed by atoms with E-state index in [0.29, 0.717) is 4.15 Å². The first kappa shape index (κ1) is 38.8. The maximum atomic E-state index is 7.00. The molecule has 0 saturated carbocycles. The molecule has 0 aromatic heterocycles. The van der Waals surface area contributed by atoms with E-state index in [9.17, 15) is 0 Å². The van der Waals surface area contributed by atoms with E-state index in [1.807, 2.05) is 0 Å². The molecule has 210 valence electrons. The van der Waals surface area contributed by atoms with Crippen molar-refractivity contribution >= 4 is 8.97 Å². The molecule has 0 fully saturated rings. The second-order valence-electron chi connectivity index (χ2n) is 9.91. The minimum atomic E-state index is -2.62. The fourth-order valence-electron chi connectivity index (χ4n) is 4.71. The molecule has 0 aromatic rings. The molecular formula is C27H62ClNO4Si. The van der Waals surface area contributed by atoms with E-state index in [4.69, 9.17) is 18.4 Å². The van der Waals surface area contributed by atoms with Gasteiger partial charge in [-0.15, -0.1) is 0 Å². The number of halogens is 1. The van der Waals surface area contributed by atoms with Crippen molar-refractivity contribution in [1.82, 2.24) is 0 Å². The normalized spacial score (nSPS) is 11.6. The van der Waals surface area contributed by atoms with Gasteiger partial charge >= 0.3 is 8.97 Å². The molecule has 0 heterocycles. The van der Waals surface area contributed by atoms with Gasteiger partial charge in [0, 0.05) is 28.4 Å². The van der Waals surface area contributed by atoms with Crippen LogP contribution in [0.3, 0.4) is 0 Å². The zero-order valence-corrected chi connectivity index (χ0v) is 25.9. The first-order valence-electron chi connectivity index (χ1n) is 13.9. The predicted octanol–water partition coefficient (Wildman–Crippen LogP) is 4.48. The van der Waals surface area contributed by atoms with Crippen molar-refractivity contribution in [3.05, 3.63) is 0 Å². The Labute approximate surface area is 221 Å². The van der Waals surface area contributed by atoms with E-state index in [2.05, 4.69) is 21.0 Å². The van der Waals surface area contributed by atoms with Gasteiger partial charge in [0.05, 0.1) is 20.6 Å². The fraction of sp³-hybridized carbons (Fsp3) is 1.00. The van der Waals surface area contributed by atoms with Crippen LogP contribution in [-0.2, 0) is 13.3 Å². The molecule has 0 aromatic carbocycles. The van der Waals surface area contributed by atoms with Crippen molar-refractivity contribution in [2.45, 2.75) is 129 Å². The fourth-order valence-corrected chi connectivity index (χ4v) is 7.13. The maximum absolute atomic E-state index is 7.00. The van der Waals surface area contributed by atoms with Crippen LogP contribution in [0.4, 0.5) is 0 Å². The molecule has 1 N–H and O–H groups in total. The highest BCUT2D eigenvalue weighted by Crippen LogP contribution is 2.20. The van der Waals surface area contributed by atoms with Crippen LogP contribution < -0.4 is 12.4 Å². The molecule has 5 nitrogen and oxygen atoms in total. The minimum Gasteiger partial charge on any atom is -1.00 e. The summed E-state index contributed by atoms with van der Waals surface area (Å²) in [5.41, 5.74) is 0. The Hall–Kier alpha value is 0.307. The number of quaternary nitrogens is 1. The van der Waals surface area contributed by atoms with E-state index in [1.165, 1.54) is 122 Å². The summed E-state index contributed by atoms with van der Waals surface area (Å²) in [4.78, 5) is 0. The lowest BCUT2D eigenvalue weighted by Gasteiger charge is -2.39. The van der Waals surface area contributed by atoms with Crippen molar-refractivity contribution in [2.75, 3.05) is 49.1 Å². The zero-order valence-electron chi connectivity index (χ0n) is 24.1. The van der Waals surface area contributed by atoms with Crippen LogP contribution in [0.15, 0.2) is 0 Å². The summed E-state index contributed by atoms with van der Waals surface area (Å²) >= 11 is 0. The standard InChI is InChI=1S/C26H58NO3Si.CH4O.ClH/c1-7-8-9-10-11-12-13-14-15-16-17-18-19-20-21-22-23-24-25-26-27(2,3)31(28-4,29-5)30-6;1-2;/h7-26H2,1-6H3;2H,1H3;1H/q+1;;/p-1. The third kappa shape index (κ3) is 19.5. The molecule has 0 aliphatic rings. The van der Waals surface area contributed by atoms with Gasteiger partial charge in [-0.25, -0.2) is 0 Å². The third-order valence-corrected chi connectivity index (χ3v) is 10.1. The van der Waals surface area contributed by atoms with Crippen LogP contribution in [-0.4, -0.2) is 67.3 Å². The third-order valence-electron chi connectivity index (χ3n) is 6.84. The van der Waals surface area contributed by atoms with Gasteiger partial charge in [-0.05, 0) is 12.8 Å². The van der Waals surface area contributed by atoms with Crippen LogP contribution in [0.1, 0.15) is 129 Å². The van der Waals surface area contributed by atoms with E-state index in [-0.39, 0.29) is 12.4 Å². The van der Waals surface area contributed by atoms with Crippen LogP contribution in [0, 0.1) is 0 Å².